The fraction of sp³-hybridized carbons (Fsp3) is 0.300. The summed E-state index contributed by atoms with van der Waals surface area (Å²) in [6.45, 7) is 2.80. The van der Waals surface area contributed by atoms with Gasteiger partial charge >= 0.3 is 0 Å². The molecular formula is C20H20F2N2. The zero-order valence-electron chi connectivity index (χ0n) is 13.4. The number of halogens is 2. The van der Waals surface area contributed by atoms with Crippen molar-refractivity contribution in [3.63, 3.8) is 0 Å². The van der Waals surface area contributed by atoms with Gasteiger partial charge in [0.05, 0.1) is 6.04 Å². The first-order chi connectivity index (χ1) is 11.8. The number of fused-ring (bicyclic) bond motifs is 2. The van der Waals surface area contributed by atoms with E-state index in [1.807, 2.05) is 53.4 Å². The molecule has 0 bridgehead atoms. The highest BCUT2D eigenvalue weighted by molar-refractivity contribution is 6.02. The van der Waals surface area contributed by atoms with Crippen LogP contribution < -0.4 is 5.32 Å². The molecule has 2 nitrogen and oxygen atoms in total. The Kier molecular flexibility index (Phi) is 4.17. The minimum absolute atomic E-state index is 0.645. The summed E-state index contributed by atoms with van der Waals surface area (Å²) in [5, 5.41) is 7.15. The lowest BCUT2D eigenvalue weighted by Gasteiger charge is -2.35. The van der Waals surface area contributed by atoms with Crippen LogP contribution in [0.4, 0.5) is 8.78 Å². The van der Waals surface area contributed by atoms with Crippen LogP contribution in [0.3, 0.4) is 0 Å². The topological polar surface area (TPSA) is 15.3 Å². The first kappa shape index (κ1) is 15.5. The second-order valence-corrected chi connectivity index (χ2v) is 6.30. The van der Waals surface area contributed by atoms with Gasteiger partial charge in [-0.2, -0.15) is 0 Å². The third kappa shape index (κ3) is 2.66. The van der Waals surface area contributed by atoms with Gasteiger partial charge in [0.1, 0.15) is 0 Å². The molecule has 124 valence electrons. The zero-order chi connectivity index (χ0) is 16.5. The molecule has 4 heteroatoms. The minimum Gasteiger partial charge on any atom is -0.314 e. The van der Waals surface area contributed by atoms with Crippen molar-refractivity contribution in [2.45, 2.75) is 12.5 Å². The first-order valence-corrected chi connectivity index (χ1v) is 8.39. The number of nitrogens with one attached hydrogen (secondary N) is 1. The van der Waals surface area contributed by atoms with Gasteiger partial charge in [-0.25, -0.2) is 8.78 Å². The second-order valence-electron chi connectivity index (χ2n) is 6.30. The molecule has 0 spiro atoms. The van der Waals surface area contributed by atoms with Crippen molar-refractivity contribution in [2.24, 2.45) is 0 Å². The normalized spacial score (nSPS) is 17.6. The smallest absolute Gasteiger partial charge is 0.258 e. The van der Waals surface area contributed by atoms with E-state index in [1.165, 1.54) is 0 Å². The molecule has 1 heterocycles. The van der Waals surface area contributed by atoms with Crippen molar-refractivity contribution in [3.05, 3.63) is 60.2 Å². The maximum absolute atomic E-state index is 14.2. The van der Waals surface area contributed by atoms with E-state index in [-0.39, 0.29) is 0 Å². The first-order valence-electron chi connectivity index (χ1n) is 8.39. The molecule has 1 atom stereocenters. The molecule has 24 heavy (non-hydrogen) atoms. The van der Waals surface area contributed by atoms with E-state index < -0.39 is 12.5 Å². The van der Waals surface area contributed by atoms with E-state index in [9.17, 15) is 8.78 Å². The van der Waals surface area contributed by atoms with Crippen LogP contribution in [0.15, 0.2) is 54.6 Å². The molecule has 3 aromatic carbocycles. The number of rotatable bonds is 3. The number of piperazine rings is 1. The summed E-state index contributed by atoms with van der Waals surface area (Å²) in [4.78, 5) is 1.93. The molecular weight excluding hydrogens is 306 g/mol. The Morgan fingerprint density at radius 1 is 0.833 bits per heavy atom. The monoisotopic (exact) mass is 326 g/mol. The summed E-state index contributed by atoms with van der Waals surface area (Å²) < 4.78 is 28.3. The number of nitrogens with zero attached hydrogens (tertiary/aromatic N) is 1. The predicted octanol–water partition coefficient (Wildman–Crippen LogP) is 4.20. The third-order valence-electron chi connectivity index (χ3n) is 4.89. The Morgan fingerprint density at radius 2 is 1.38 bits per heavy atom. The van der Waals surface area contributed by atoms with Gasteiger partial charge in [-0.15, -0.1) is 0 Å². The lowest BCUT2D eigenvalue weighted by molar-refractivity contribution is 0.0196. The Labute approximate surface area is 140 Å². The molecule has 1 N–H and O–H groups in total. The molecule has 1 fully saturated rings. The fourth-order valence-electron chi connectivity index (χ4n) is 3.80. The summed E-state index contributed by atoms with van der Waals surface area (Å²) in [5.41, 5.74) is 0.764. The summed E-state index contributed by atoms with van der Waals surface area (Å²) in [7, 11) is 0. The van der Waals surface area contributed by atoms with Gasteiger partial charge in [0.2, 0.25) is 0 Å². The van der Waals surface area contributed by atoms with E-state index in [4.69, 9.17) is 0 Å². The molecule has 0 unspecified atom stereocenters. The summed E-state index contributed by atoms with van der Waals surface area (Å²) >= 11 is 0. The second kappa shape index (κ2) is 6.46. The molecule has 0 amide bonds. The molecule has 1 saturated heterocycles. The van der Waals surface area contributed by atoms with Crippen LogP contribution in [0, 0.1) is 0 Å². The summed E-state index contributed by atoms with van der Waals surface area (Å²) in [6.07, 6.45) is -2.42. The van der Waals surface area contributed by atoms with Crippen LogP contribution in [0.25, 0.3) is 21.5 Å². The van der Waals surface area contributed by atoms with E-state index in [0.29, 0.717) is 13.1 Å². The van der Waals surface area contributed by atoms with Gasteiger partial charge in [0.15, 0.2) is 0 Å². The lowest BCUT2D eigenvalue weighted by atomic mass is 9.91. The molecule has 1 aliphatic heterocycles. The number of hydrogen-bond donors (Lipinski definition) is 1. The van der Waals surface area contributed by atoms with Gasteiger partial charge in [-0.1, -0.05) is 48.5 Å². The Hall–Kier alpha value is -2.04. The highest BCUT2D eigenvalue weighted by Crippen LogP contribution is 2.38. The van der Waals surface area contributed by atoms with Crippen molar-refractivity contribution >= 4 is 21.5 Å². The van der Waals surface area contributed by atoms with Crippen molar-refractivity contribution in [1.29, 1.82) is 0 Å². The summed E-state index contributed by atoms with van der Waals surface area (Å²) in [5.74, 6) is 0. The van der Waals surface area contributed by atoms with Gasteiger partial charge in [0.25, 0.3) is 6.43 Å². The van der Waals surface area contributed by atoms with E-state index in [2.05, 4.69) is 11.4 Å². The summed E-state index contributed by atoms with van der Waals surface area (Å²) in [6, 6.07) is 17.0. The highest BCUT2D eigenvalue weighted by Gasteiger charge is 2.32. The molecule has 3 aromatic rings. The van der Waals surface area contributed by atoms with Gasteiger partial charge < -0.3 is 5.32 Å². The predicted molar refractivity (Wildman–Crippen MR) is 94.6 cm³/mol. The van der Waals surface area contributed by atoms with Crippen molar-refractivity contribution in [1.82, 2.24) is 10.2 Å². The Balaban J connectivity index is 1.99. The largest absolute Gasteiger partial charge is 0.314 e. The van der Waals surface area contributed by atoms with Crippen LogP contribution in [0.1, 0.15) is 11.6 Å². The average Bonchev–Trinajstić information content (AvgIpc) is 2.62. The molecule has 0 aliphatic carbocycles. The van der Waals surface area contributed by atoms with E-state index in [0.717, 1.165) is 40.2 Å². The average molecular weight is 326 g/mol. The quantitative estimate of drug-likeness (QED) is 0.726. The molecule has 1 aliphatic rings. The van der Waals surface area contributed by atoms with Gasteiger partial charge in [0, 0.05) is 26.2 Å². The van der Waals surface area contributed by atoms with Crippen LogP contribution in [0.2, 0.25) is 0 Å². The lowest BCUT2D eigenvalue weighted by Crippen LogP contribution is -2.47. The van der Waals surface area contributed by atoms with Crippen molar-refractivity contribution < 1.29 is 8.78 Å². The molecule has 0 radical (unpaired) electrons. The number of hydrogen-bond acceptors (Lipinski definition) is 2. The number of benzene rings is 3. The number of alkyl halides is 2. The van der Waals surface area contributed by atoms with Crippen LogP contribution >= 0.6 is 0 Å². The van der Waals surface area contributed by atoms with E-state index >= 15 is 0 Å². The van der Waals surface area contributed by atoms with Crippen molar-refractivity contribution in [3.8, 4) is 0 Å². The Morgan fingerprint density at radius 3 is 1.92 bits per heavy atom. The fourth-order valence-corrected chi connectivity index (χ4v) is 3.80. The third-order valence-corrected chi connectivity index (χ3v) is 4.89. The minimum atomic E-state index is -2.42. The molecule has 4 rings (SSSR count). The van der Waals surface area contributed by atoms with Crippen LogP contribution in [-0.4, -0.2) is 37.5 Å². The van der Waals surface area contributed by atoms with Crippen LogP contribution in [0.5, 0.6) is 0 Å². The maximum atomic E-state index is 14.2. The highest BCUT2D eigenvalue weighted by atomic mass is 19.3. The standard InChI is InChI=1S/C20H20F2N2/c21-20(22)19(24-11-9-23-10-12-24)18-16-7-3-1-5-14(16)13-15-6-2-4-8-17(15)18/h1-8,13,19-20,23H,9-12H2/t19-/m1/s1. The Bertz CT molecular complexity index is 803. The zero-order valence-corrected chi connectivity index (χ0v) is 13.4. The SMILES string of the molecule is FC(F)[C@@H](c1c2ccccc2cc2ccccc12)N1CCNCC1. The maximum Gasteiger partial charge on any atom is 0.258 e. The van der Waals surface area contributed by atoms with Gasteiger partial charge in [-0.3, -0.25) is 4.90 Å². The van der Waals surface area contributed by atoms with Gasteiger partial charge in [-0.05, 0) is 33.2 Å². The van der Waals surface area contributed by atoms with Crippen LogP contribution in [-0.2, 0) is 0 Å². The molecule has 0 saturated carbocycles. The van der Waals surface area contributed by atoms with E-state index in [1.54, 1.807) is 0 Å². The van der Waals surface area contributed by atoms with Crippen molar-refractivity contribution in [2.75, 3.05) is 26.2 Å². The molecule has 0 aromatic heterocycles.